The number of rotatable bonds is 3. The van der Waals surface area contributed by atoms with Gasteiger partial charge in [0.15, 0.2) is 0 Å². The van der Waals surface area contributed by atoms with Crippen molar-refractivity contribution in [3.63, 3.8) is 0 Å². The molecule has 0 atom stereocenters. The number of hydrogen-bond acceptors (Lipinski definition) is 2. The van der Waals surface area contributed by atoms with Crippen LogP contribution in [0.2, 0.25) is 0 Å². The maximum Gasteiger partial charge on any atom is 0.255 e. The lowest BCUT2D eigenvalue weighted by molar-refractivity contribution is 0.102. The van der Waals surface area contributed by atoms with Gasteiger partial charge in [-0.15, -0.1) is 0 Å². The van der Waals surface area contributed by atoms with Crippen LogP contribution in [0.4, 0.5) is 11.4 Å². The predicted octanol–water partition coefficient (Wildman–Crippen LogP) is 4.61. The monoisotopic (exact) mass is 358 g/mol. The molecular weight excluding hydrogens is 340 g/mol. The number of halogens is 1. The Kier molecular flexibility index (Phi) is 4.48. The van der Waals surface area contributed by atoms with Crippen LogP contribution in [-0.2, 0) is 0 Å². The number of carbonyl (C=O) groups is 1. The normalized spacial score (nSPS) is 14.2. The van der Waals surface area contributed by atoms with Gasteiger partial charge in [-0.05, 0) is 67.8 Å². The van der Waals surface area contributed by atoms with E-state index in [1.807, 2.05) is 49.4 Å². The molecule has 0 aliphatic carbocycles. The average molecular weight is 359 g/mol. The number of aryl methyl sites for hydroxylation is 1. The third kappa shape index (κ3) is 3.33. The van der Waals surface area contributed by atoms with Crippen molar-refractivity contribution >= 4 is 33.2 Å². The van der Waals surface area contributed by atoms with Crippen LogP contribution < -0.4 is 10.2 Å². The summed E-state index contributed by atoms with van der Waals surface area (Å²) in [6.07, 6.45) is 2.51. The fourth-order valence-corrected chi connectivity index (χ4v) is 3.24. The maximum absolute atomic E-state index is 12.3. The molecule has 1 amide bonds. The van der Waals surface area contributed by atoms with Crippen LogP contribution in [0.3, 0.4) is 0 Å². The van der Waals surface area contributed by atoms with Crippen LogP contribution in [0.1, 0.15) is 28.8 Å². The van der Waals surface area contributed by atoms with Gasteiger partial charge >= 0.3 is 0 Å². The summed E-state index contributed by atoms with van der Waals surface area (Å²) < 4.78 is 1.01. The van der Waals surface area contributed by atoms with Gasteiger partial charge < -0.3 is 10.2 Å². The Hall–Kier alpha value is -1.81. The summed E-state index contributed by atoms with van der Waals surface area (Å²) >= 11 is 3.43. The van der Waals surface area contributed by atoms with Gasteiger partial charge in [0, 0.05) is 34.5 Å². The van der Waals surface area contributed by atoms with Gasteiger partial charge in [-0.3, -0.25) is 4.79 Å². The third-order valence-corrected chi connectivity index (χ3v) is 4.53. The lowest BCUT2D eigenvalue weighted by atomic mass is 10.1. The highest BCUT2D eigenvalue weighted by molar-refractivity contribution is 9.10. The molecule has 0 saturated carbocycles. The largest absolute Gasteiger partial charge is 0.372 e. The molecule has 2 aromatic carbocycles. The van der Waals surface area contributed by atoms with Crippen molar-refractivity contribution in [1.29, 1.82) is 0 Å². The molecule has 1 saturated heterocycles. The van der Waals surface area contributed by atoms with E-state index in [4.69, 9.17) is 0 Å². The van der Waals surface area contributed by atoms with Crippen LogP contribution in [-0.4, -0.2) is 19.0 Å². The summed E-state index contributed by atoms with van der Waals surface area (Å²) in [4.78, 5) is 14.7. The molecule has 22 heavy (non-hydrogen) atoms. The molecular formula is C18H19BrN2O. The first-order valence-corrected chi connectivity index (χ1v) is 8.35. The second-order valence-electron chi connectivity index (χ2n) is 5.65. The minimum Gasteiger partial charge on any atom is -0.372 e. The Morgan fingerprint density at radius 1 is 1.09 bits per heavy atom. The summed E-state index contributed by atoms with van der Waals surface area (Å²) in [5.41, 5.74) is 3.77. The van der Waals surface area contributed by atoms with Crippen molar-refractivity contribution in [3.05, 3.63) is 58.1 Å². The standard InChI is InChI=1S/C18H19BrN2O/c1-13-12-15(19)6-9-17(13)20-18(22)14-4-7-16(8-5-14)21-10-2-3-11-21/h4-9,12H,2-3,10-11H2,1H3,(H,20,22). The molecule has 1 heterocycles. The first-order valence-electron chi connectivity index (χ1n) is 7.56. The maximum atomic E-state index is 12.3. The van der Waals surface area contributed by atoms with Gasteiger partial charge in [0.05, 0.1) is 0 Å². The molecule has 3 rings (SSSR count). The molecule has 0 bridgehead atoms. The first kappa shape index (κ1) is 15.1. The topological polar surface area (TPSA) is 32.3 Å². The highest BCUT2D eigenvalue weighted by Gasteiger charge is 2.13. The van der Waals surface area contributed by atoms with Crippen LogP contribution in [0.15, 0.2) is 46.9 Å². The van der Waals surface area contributed by atoms with E-state index in [1.54, 1.807) is 0 Å². The van der Waals surface area contributed by atoms with E-state index in [9.17, 15) is 4.79 Å². The molecule has 4 heteroatoms. The van der Waals surface area contributed by atoms with E-state index in [0.717, 1.165) is 28.8 Å². The SMILES string of the molecule is Cc1cc(Br)ccc1NC(=O)c1ccc(N2CCCC2)cc1. The van der Waals surface area contributed by atoms with Gasteiger partial charge in [-0.2, -0.15) is 0 Å². The van der Waals surface area contributed by atoms with Crippen LogP contribution in [0, 0.1) is 6.92 Å². The lowest BCUT2D eigenvalue weighted by Crippen LogP contribution is -2.18. The zero-order chi connectivity index (χ0) is 15.5. The van der Waals surface area contributed by atoms with Crippen LogP contribution in [0.25, 0.3) is 0 Å². The average Bonchev–Trinajstić information content (AvgIpc) is 3.04. The van der Waals surface area contributed by atoms with Gasteiger partial charge in [0.1, 0.15) is 0 Å². The number of amides is 1. The van der Waals surface area contributed by atoms with E-state index >= 15 is 0 Å². The fraction of sp³-hybridized carbons (Fsp3) is 0.278. The molecule has 1 aliphatic rings. The summed E-state index contributed by atoms with van der Waals surface area (Å²) in [7, 11) is 0. The van der Waals surface area contributed by atoms with Gasteiger partial charge in [0.2, 0.25) is 0 Å². The third-order valence-electron chi connectivity index (χ3n) is 4.04. The van der Waals surface area contributed by atoms with Crippen molar-refractivity contribution in [3.8, 4) is 0 Å². The zero-order valence-electron chi connectivity index (χ0n) is 12.6. The van der Waals surface area contributed by atoms with E-state index in [0.29, 0.717) is 5.56 Å². The molecule has 0 spiro atoms. The van der Waals surface area contributed by atoms with Crippen LogP contribution >= 0.6 is 15.9 Å². The summed E-state index contributed by atoms with van der Waals surface area (Å²) in [5, 5.41) is 2.97. The molecule has 1 fully saturated rings. The second-order valence-corrected chi connectivity index (χ2v) is 6.57. The summed E-state index contributed by atoms with van der Waals surface area (Å²) in [5.74, 6) is -0.0709. The van der Waals surface area contributed by atoms with Crippen molar-refractivity contribution < 1.29 is 4.79 Å². The van der Waals surface area contributed by atoms with Gasteiger partial charge in [0.25, 0.3) is 5.91 Å². The molecule has 2 aromatic rings. The molecule has 3 nitrogen and oxygen atoms in total. The first-order chi connectivity index (χ1) is 10.6. The van der Waals surface area contributed by atoms with E-state index in [2.05, 4.69) is 26.1 Å². The van der Waals surface area contributed by atoms with E-state index in [1.165, 1.54) is 18.5 Å². The number of benzene rings is 2. The quantitative estimate of drug-likeness (QED) is 0.868. The molecule has 0 aromatic heterocycles. The molecule has 0 radical (unpaired) electrons. The number of carbonyl (C=O) groups excluding carboxylic acids is 1. The smallest absolute Gasteiger partial charge is 0.255 e. The van der Waals surface area contributed by atoms with Gasteiger partial charge in [-0.1, -0.05) is 15.9 Å². The Bertz CT molecular complexity index is 676. The predicted molar refractivity (Wildman–Crippen MR) is 94.7 cm³/mol. The number of hydrogen-bond donors (Lipinski definition) is 1. The molecule has 1 N–H and O–H groups in total. The Morgan fingerprint density at radius 3 is 2.41 bits per heavy atom. The zero-order valence-corrected chi connectivity index (χ0v) is 14.2. The minimum atomic E-state index is -0.0709. The van der Waals surface area contributed by atoms with Crippen molar-refractivity contribution in [1.82, 2.24) is 0 Å². The number of nitrogens with one attached hydrogen (secondary N) is 1. The minimum absolute atomic E-state index is 0.0709. The van der Waals surface area contributed by atoms with Crippen molar-refractivity contribution in [2.24, 2.45) is 0 Å². The van der Waals surface area contributed by atoms with Crippen molar-refractivity contribution in [2.45, 2.75) is 19.8 Å². The van der Waals surface area contributed by atoms with Crippen LogP contribution in [0.5, 0.6) is 0 Å². The Labute approximate surface area is 139 Å². The highest BCUT2D eigenvalue weighted by Crippen LogP contribution is 2.23. The lowest BCUT2D eigenvalue weighted by Gasteiger charge is -2.17. The number of anilines is 2. The summed E-state index contributed by atoms with van der Waals surface area (Å²) in [6, 6.07) is 13.7. The summed E-state index contributed by atoms with van der Waals surface area (Å²) in [6.45, 7) is 4.21. The van der Waals surface area contributed by atoms with E-state index < -0.39 is 0 Å². The fourth-order valence-electron chi connectivity index (χ4n) is 2.76. The van der Waals surface area contributed by atoms with Crippen molar-refractivity contribution in [2.75, 3.05) is 23.3 Å². The Morgan fingerprint density at radius 2 is 1.77 bits per heavy atom. The van der Waals surface area contributed by atoms with E-state index in [-0.39, 0.29) is 5.91 Å². The second kappa shape index (κ2) is 6.53. The molecule has 1 aliphatic heterocycles. The molecule has 0 unspecified atom stereocenters. The number of nitrogens with zero attached hydrogens (tertiary/aromatic N) is 1. The van der Waals surface area contributed by atoms with Gasteiger partial charge in [-0.25, -0.2) is 0 Å². The Balaban J connectivity index is 1.71. The molecule has 114 valence electrons. The highest BCUT2D eigenvalue weighted by atomic mass is 79.9.